The van der Waals surface area contributed by atoms with E-state index in [1.807, 2.05) is 49.4 Å². The maximum Gasteiger partial charge on any atom is 0.259 e. The molecule has 0 radical (unpaired) electrons. The molecule has 1 aromatic heterocycles. The van der Waals surface area contributed by atoms with Gasteiger partial charge in [0.15, 0.2) is 0 Å². The number of carbonyl (C=O) groups excluding carboxylic acids is 1. The highest BCUT2D eigenvalue weighted by Crippen LogP contribution is 2.24. The second kappa shape index (κ2) is 7.12. The van der Waals surface area contributed by atoms with Gasteiger partial charge in [0.25, 0.3) is 5.91 Å². The predicted molar refractivity (Wildman–Crippen MR) is 105 cm³/mol. The summed E-state index contributed by atoms with van der Waals surface area (Å²) in [6, 6.07) is 13.9. The lowest BCUT2D eigenvalue weighted by Crippen LogP contribution is -2.31. The number of nitrogens with zero attached hydrogens (tertiary/aromatic N) is 3. The molecule has 1 fully saturated rings. The summed E-state index contributed by atoms with van der Waals surface area (Å²) in [6.45, 7) is 3.84. The van der Waals surface area contributed by atoms with E-state index in [1.165, 1.54) is 19.3 Å². The van der Waals surface area contributed by atoms with E-state index in [2.05, 4.69) is 20.2 Å². The van der Waals surface area contributed by atoms with Crippen LogP contribution in [0, 0.1) is 6.92 Å². The lowest BCUT2D eigenvalue weighted by Gasteiger charge is -2.26. The minimum Gasteiger partial charge on any atom is -0.341 e. The first-order chi connectivity index (χ1) is 12.7. The summed E-state index contributed by atoms with van der Waals surface area (Å²) in [5.74, 6) is 0.549. The van der Waals surface area contributed by atoms with Crippen molar-refractivity contribution in [1.29, 1.82) is 0 Å². The zero-order valence-electron chi connectivity index (χ0n) is 14.9. The van der Waals surface area contributed by atoms with Crippen molar-refractivity contribution in [1.82, 2.24) is 9.97 Å². The zero-order chi connectivity index (χ0) is 17.9. The van der Waals surface area contributed by atoms with Crippen molar-refractivity contribution in [3.05, 3.63) is 59.9 Å². The van der Waals surface area contributed by atoms with Gasteiger partial charge in [-0.3, -0.25) is 4.79 Å². The topological polar surface area (TPSA) is 58.1 Å². The van der Waals surface area contributed by atoms with Crippen molar-refractivity contribution in [2.45, 2.75) is 26.2 Å². The van der Waals surface area contributed by atoms with Crippen LogP contribution in [0.3, 0.4) is 0 Å². The highest BCUT2D eigenvalue weighted by molar-refractivity contribution is 6.09. The first-order valence-corrected chi connectivity index (χ1v) is 9.10. The summed E-state index contributed by atoms with van der Waals surface area (Å²) in [4.78, 5) is 24.0. The van der Waals surface area contributed by atoms with Crippen molar-refractivity contribution in [2.75, 3.05) is 23.3 Å². The first kappa shape index (κ1) is 16.5. The minimum atomic E-state index is -0.177. The molecule has 4 rings (SSSR count). The smallest absolute Gasteiger partial charge is 0.259 e. The van der Waals surface area contributed by atoms with Gasteiger partial charge in [0.1, 0.15) is 0 Å². The molecule has 0 atom stereocenters. The number of aryl methyl sites for hydroxylation is 1. The van der Waals surface area contributed by atoms with Crippen LogP contribution < -0.4 is 10.2 Å². The normalized spacial score (nSPS) is 14.4. The monoisotopic (exact) mass is 346 g/mol. The quantitative estimate of drug-likeness (QED) is 0.773. The lowest BCUT2D eigenvalue weighted by atomic mass is 10.1. The molecule has 26 heavy (non-hydrogen) atoms. The summed E-state index contributed by atoms with van der Waals surface area (Å²) in [5, 5.41) is 5.12. The van der Waals surface area contributed by atoms with Gasteiger partial charge in [0.05, 0.1) is 11.3 Å². The molecule has 5 nitrogen and oxygen atoms in total. The maximum absolute atomic E-state index is 12.8. The Morgan fingerprint density at radius 1 is 1.04 bits per heavy atom. The molecule has 1 amide bonds. The standard InChI is InChI=1S/C21H22N4O/c1-15-18(14-22-21(23-15)25-12-5-2-6-13-25)20(26)24-19-11-7-9-16-8-3-4-10-17(16)19/h3-4,7-11,14H,2,5-6,12-13H2,1H3,(H,24,26). The van der Waals surface area contributed by atoms with E-state index in [0.29, 0.717) is 11.3 Å². The summed E-state index contributed by atoms with van der Waals surface area (Å²) in [5.41, 5.74) is 2.02. The Morgan fingerprint density at radius 3 is 2.62 bits per heavy atom. The largest absolute Gasteiger partial charge is 0.341 e. The van der Waals surface area contributed by atoms with Gasteiger partial charge in [-0.1, -0.05) is 36.4 Å². The molecule has 1 N–H and O–H groups in total. The molecular weight excluding hydrogens is 324 g/mol. The van der Waals surface area contributed by atoms with Crippen LogP contribution in [-0.4, -0.2) is 29.0 Å². The van der Waals surface area contributed by atoms with E-state index in [-0.39, 0.29) is 5.91 Å². The summed E-state index contributed by atoms with van der Waals surface area (Å²) >= 11 is 0. The van der Waals surface area contributed by atoms with Gasteiger partial charge in [0.2, 0.25) is 5.95 Å². The average Bonchev–Trinajstić information content (AvgIpc) is 2.69. The Kier molecular flexibility index (Phi) is 4.52. The number of hydrogen-bond acceptors (Lipinski definition) is 4. The molecule has 2 aromatic carbocycles. The van der Waals surface area contributed by atoms with Gasteiger partial charge >= 0.3 is 0 Å². The second-order valence-electron chi connectivity index (χ2n) is 6.70. The molecule has 0 bridgehead atoms. The van der Waals surface area contributed by atoms with Crippen LogP contribution >= 0.6 is 0 Å². The van der Waals surface area contributed by atoms with Crippen LogP contribution in [-0.2, 0) is 0 Å². The number of benzene rings is 2. The Morgan fingerprint density at radius 2 is 1.81 bits per heavy atom. The number of anilines is 2. The van der Waals surface area contributed by atoms with E-state index in [1.54, 1.807) is 6.20 Å². The zero-order valence-corrected chi connectivity index (χ0v) is 14.9. The number of hydrogen-bond donors (Lipinski definition) is 1. The van der Waals surface area contributed by atoms with E-state index in [0.717, 1.165) is 35.5 Å². The predicted octanol–water partition coefficient (Wildman–Crippen LogP) is 4.18. The van der Waals surface area contributed by atoms with Gasteiger partial charge in [-0.25, -0.2) is 9.97 Å². The maximum atomic E-state index is 12.8. The minimum absolute atomic E-state index is 0.177. The van der Waals surface area contributed by atoms with Gasteiger partial charge in [-0.05, 0) is 37.6 Å². The van der Waals surface area contributed by atoms with E-state index < -0.39 is 0 Å². The third-order valence-electron chi connectivity index (χ3n) is 4.89. The third kappa shape index (κ3) is 3.25. The van der Waals surface area contributed by atoms with Crippen LogP contribution in [0.25, 0.3) is 10.8 Å². The number of nitrogens with one attached hydrogen (secondary N) is 1. The highest BCUT2D eigenvalue weighted by atomic mass is 16.1. The Balaban J connectivity index is 1.58. The first-order valence-electron chi connectivity index (χ1n) is 9.10. The number of amides is 1. The van der Waals surface area contributed by atoms with Crippen molar-refractivity contribution in [3.8, 4) is 0 Å². The molecule has 0 spiro atoms. The summed E-state index contributed by atoms with van der Waals surface area (Å²) in [6.07, 6.45) is 5.26. The fourth-order valence-electron chi connectivity index (χ4n) is 3.45. The summed E-state index contributed by atoms with van der Waals surface area (Å²) < 4.78 is 0. The number of carbonyl (C=O) groups is 1. The van der Waals surface area contributed by atoms with Gasteiger partial charge in [-0.15, -0.1) is 0 Å². The molecule has 1 saturated heterocycles. The second-order valence-corrected chi connectivity index (χ2v) is 6.70. The van der Waals surface area contributed by atoms with Crippen LogP contribution in [0.15, 0.2) is 48.7 Å². The van der Waals surface area contributed by atoms with Crippen LogP contribution in [0.5, 0.6) is 0 Å². The molecule has 132 valence electrons. The van der Waals surface area contributed by atoms with Gasteiger partial charge in [-0.2, -0.15) is 0 Å². The molecule has 1 aliphatic heterocycles. The third-order valence-corrected chi connectivity index (χ3v) is 4.89. The SMILES string of the molecule is Cc1nc(N2CCCCC2)ncc1C(=O)Nc1cccc2ccccc12. The summed E-state index contributed by atoms with van der Waals surface area (Å²) in [7, 11) is 0. The highest BCUT2D eigenvalue weighted by Gasteiger charge is 2.17. The van der Waals surface area contributed by atoms with Crippen molar-refractivity contribution < 1.29 is 4.79 Å². The molecule has 3 aromatic rings. The lowest BCUT2D eigenvalue weighted by molar-refractivity contribution is 0.102. The number of rotatable bonds is 3. The molecule has 0 aliphatic carbocycles. The van der Waals surface area contributed by atoms with E-state index in [9.17, 15) is 4.79 Å². The molecule has 1 aliphatic rings. The molecule has 0 saturated carbocycles. The molecule has 5 heteroatoms. The Labute approximate surface area is 153 Å². The van der Waals surface area contributed by atoms with E-state index in [4.69, 9.17) is 0 Å². The van der Waals surface area contributed by atoms with Gasteiger partial charge in [0, 0.05) is 30.4 Å². The molecular formula is C21H22N4O. The van der Waals surface area contributed by atoms with Crippen LogP contribution in [0.4, 0.5) is 11.6 Å². The molecule has 2 heterocycles. The van der Waals surface area contributed by atoms with Gasteiger partial charge < -0.3 is 10.2 Å². The fourth-order valence-corrected chi connectivity index (χ4v) is 3.45. The number of aromatic nitrogens is 2. The number of fused-ring (bicyclic) bond motifs is 1. The van der Waals surface area contributed by atoms with Crippen LogP contribution in [0.1, 0.15) is 35.3 Å². The van der Waals surface area contributed by atoms with Crippen LogP contribution in [0.2, 0.25) is 0 Å². The fraction of sp³-hybridized carbons (Fsp3) is 0.286. The van der Waals surface area contributed by atoms with Crippen molar-refractivity contribution in [3.63, 3.8) is 0 Å². The molecule has 0 unspecified atom stereocenters. The van der Waals surface area contributed by atoms with E-state index >= 15 is 0 Å². The Bertz CT molecular complexity index is 942. The van der Waals surface area contributed by atoms with Crippen molar-refractivity contribution in [2.24, 2.45) is 0 Å². The average molecular weight is 346 g/mol. The van der Waals surface area contributed by atoms with Crippen molar-refractivity contribution >= 4 is 28.3 Å². The Hall–Kier alpha value is -2.95. The number of piperidine rings is 1.